The molecule has 1 unspecified atom stereocenters. The number of carbonyl (C=O) groups is 1. The van der Waals surface area contributed by atoms with Crippen LogP contribution in [-0.4, -0.2) is 11.8 Å². The van der Waals surface area contributed by atoms with E-state index in [1.165, 1.54) is 18.2 Å². The fraction of sp³-hybridized carbons (Fsp3) is 0.182. The van der Waals surface area contributed by atoms with Crippen molar-refractivity contribution >= 4 is 17.4 Å². The minimum Gasteiger partial charge on any atom is -0.321 e. The Morgan fingerprint density at radius 3 is 2.87 bits per heavy atom. The molecule has 0 amide bonds. The van der Waals surface area contributed by atoms with Crippen LogP contribution < -0.4 is 5.73 Å². The summed E-state index contributed by atoms with van der Waals surface area (Å²) in [5.41, 5.74) is 5.51. The Hall–Kier alpha value is -1.19. The molecule has 1 aromatic rings. The van der Waals surface area contributed by atoms with E-state index in [-0.39, 0.29) is 10.6 Å². The maximum absolute atomic E-state index is 13.3. The molecule has 1 aromatic carbocycles. The molecule has 0 radical (unpaired) electrons. The van der Waals surface area contributed by atoms with Gasteiger partial charge in [0.05, 0.1) is 11.6 Å². The molecule has 0 bridgehead atoms. The Bertz CT molecular complexity index is 392. The highest BCUT2D eigenvalue weighted by atomic mass is 35.5. The van der Waals surface area contributed by atoms with Crippen molar-refractivity contribution in [2.75, 3.05) is 0 Å². The van der Waals surface area contributed by atoms with E-state index in [2.05, 4.69) is 6.58 Å². The highest BCUT2D eigenvalue weighted by Gasteiger charge is 2.17. The quantitative estimate of drug-likeness (QED) is 0.635. The van der Waals surface area contributed by atoms with E-state index in [4.69, 9.17) is 17.3 Å². The summed E-state index contributed by atoms with van der Waals surface area (Å²) in [6.45, 7) is 3.47. The van der Waals surface area contributed by atoms with E-state index in [0.717, 1.165) is 6.07 Å². The Morgan fingerprint density at radius 1 is 1.67 bits per heavy atom. The normalized spacial score (nSPS) is 12.2. The zero-order chi connectivity index (χ0) is 11.4. The summed E-state index contributed by atoms with van der Waals surface area (Å²) in [6, 6.07) is 3.13. The number of halogens is 2. The number of Topliss-reactive ketones (excluding diaryl/α,β-unsaturated/α-hetero) is 1. The van der Waals surface area contributed by atoms with Gasteiger partial charge in [0.15, 0.2) is 5.78 Å². The van der Waals surface area contributed by atoms with Crippen LogP contribution in [0.3, 0.4) is 0 Å². The van der Waals surface area contributed by atoms with Crippen molar-refractivity contribution in [3.05, 3.63) is 47.3 Å². The molecule has 0 aliphatic carbocycles. The van der Waals surface area contributed by atoms with Crippen molar-refractivity contribution in [3.63, 3.8) is 0 Å². The predicted molar refractivity (Wildman–Crippen MR) is 58.5 cm³/mol. The fourth-order valence-corrected chi connectivity index (χ4v) is 1.33. The lowest BCUT2D eigenvalue weighted by atomic mass is 10.0. The average Bonchev–Trinajstić information content (AvgIpc) is 2.17. The van der Waals surface area contributed by atoms with Gasteiger partial charge in [0.2, 0.25) is 0 Å². The largest absolute Gasteiger partial charge is 0.321 e. The van der Waals surface area contributed by atoms with Gasteiger partial charge in [0.1, 0.15) is 5.82 Å². The minimum atomic E-state index is -0.752. The van der Waals surface area contributed by atoms with E-state index < -0.39 is 17.6 Å². The number of carbonyl (C=O) groups excluding carboxylic acids is 1. The van der Waals surface area contributed by atoms with Crippen LogP contribution >= 0.6 is 11.6 Å². The van der Waals surface area contributed by atoms with Gasteiger partial charge in [-0.15, -0.1) is 6.58 Å². The van der Waals surface area contributed by atoms with Crippen molar-refractivity contribution in [1.29, 1.82) is 0 Å². The third-order valence-electron chi connectivity index (χ3n) is 1.95. The first-order chi connectivity index (χ1) is 7.06. The van der Waals surface area contributed by atoms with Crippen LogP contribution in [0.1, 0.15) is 16.8 Å². The summed E-state index contributed by atoms with van der Waals surface area (Å²) < 4.78 is 13.3. The minimum absolute atomic E-state index is 0.0336. The molecule has 0 spiro atoms. The smallest absolute Gasteiger partial charge is 0.182 e. The van der Waals surface area contributed by atoms with E-state index >= 15 is 0 Å². The van der Waals surface area contributed by atoms with E-state index in [1.807, 2.05) is 0 Å². The van der Waals surface area contributed by atoms with Crippen LogP contribution in [0.15, 0.2) is 30.9 Å². The van der Waals surface area contributed by atoms with Gasteiger partial charge in [-0.3, -0.25) is 4.79 Å². The number of benzene rings is 1. The Balaban J connectivity index is 2.96. The number of hydrogen-bond acceptors (Lipinski definition) is 2. The second-order valence-corrected chi connectivity index (χ2v) is 3.56. The monoisotopic (exact) mass is 227 g/mol. The van der Waals surface area contributed by atoms with Gasteiger partial charge in [0, 0.05) is 5.02 Å². The first-order valence-corrected chi connectivity index (χ1v) is 4.79. The van der Waals surface area contributed by atoms with Gasteiger partial charge in [0.25, 0.3) is 0 Å². The molecule has 0 aromatic heterocycles. The zero-order valence-corrected chi connectivity index (χ0v) is 8.80. The fourth-order valence-electron chi connectivity index (χ4n) is 1.18. The molecular formula is C11H11ClFNO. The van der Waals surface area contributed by atoms with Crippen LogP contribution in [0.4, 0.5) is 4.39 Å². The lowest BCUT2D eigenvalue weighted by molar-refractivity contribution is 0.0958. The molecule has 2 nitrogen and oxygen atoms in total. The maximum atomic E-state index is 13.3. The second-order valence-electron chi connectivity index (χ2n) is 3.12. The molecule has 1 rings (SSSR count). The number of ketones is 1. The van der Waals surface area contributed by atoms with Gasteiger partial charge in [-0.25, -0.2) is 4.39 Å². The predicted octanol–water partition coefficient (Wildman–Crippen LogP) is 2.57. The molecule has 0 aliphatic rings. The Morgan fingerprint density at radius 2 is 2.33 bits per heavy atom. The topological polar surface area (TPSA) is 43.1 Å². The van der Waals surface area contributed by atoms with Crippen LogP contribution in [-0.2, 0) is 0 Å². The van der Waals surface area contributed by atoms with Crippen molar-refractivity contribution in [3.8, 4) is 0 Å². The SMILES string of the molecule is C=CCC(N)C(=O)c1ccc(Cl)cc1F. The van der Waals surface area contributed by atoms with Crippen molar-refractivity contribution in [1.82, 2.24) is 0 Å². The molecule has 80 valence electrons. The average molecular weight is 228 g/mol. The van der Waals surface area contributed by atoms with Gasteiger partial charge >= 0.3 is 0 Å². The van der Waals surface area contributed by atoms with Crippen molar-refractivity contribution in [2.45, 2.75) is 12.5 Å². The maximum Gasteiger partial charge on any atom is 0.182 e. The first-order valence-electron chi connectivity index (χ1n) is 4.42. The van der Waals surface area contributed by atoms with Crippen LogP contribution in [0, 0.1) is 5.82 Å². The molecule has 0 aliphatic heterocycles. The summed E-state index contributed by atoms with van der Waals surface area (Å²) in [6.07, 6.45) is 1.84. The van der Waals surface area contributed by atoms with Gasteiger partial charge in [-0.05, 0) is 24.6 Å². The van der Waals surface area contributed by atoms with Crippen LogP contribution in [0.25, 0.3) is 0 Å². The summed E-state index contributed by atoms with van der Waals surface area (Å²) >= 11 is 5.56. The van der Waals surface area contributed by atoms with E-state index in [1.54, 1.807) is 0 Å². The highest BCUT2D eigenvalue weighted by molar-refractivity contribution is 6.30. The number of rotatable bonds is 4. The summed E-state index contributed by atoms with van der Waals surface area (Å²) in [5.74, 6) is -1.09. The van der Waals surface area contributed by atoms with Crippen LogP contribution in [0.2, 0.25) is 5.02 Å². The second kappa shape index (κ2) is 5.05. The van der Waals surface area contributed by atoms with Crippen molar-refractivity contribution < 1.29 is 9.18 Å². The third-order valence-corrected chi connectivity index (χ3v) is 2.19. The summed E-state index contributed by atoms with van der Waals surface area (Å²) in [4.78, 5) is 11.6. The standard InChI is InChI=1S/C11H11ClFNO/c1-2-3-10(14)11(15)8-5-4-7(12)6-9(8)13/h2,4-6,10H,1,3,14H2. The van der Waals surface area contributed by atoms with Gasteiger partial charge in [-0.1, -0.05) is 17.7 Å². The molecule has 0 saturated heterocycles. The molecule has 0 saturated carbocycles. The Kier molecular flexibility index (Phi) is 4.00. The molecule has 1 atom stereocenters. The molecular weight excluding hydrogens is 217 g/mol. The van der Waals surface area contributed by atoms with Gasteiger partial charge in [-0.2, -0.15) is 0 Å². The van der Waals surface area contributed by atoms with E-state index in [0.29, 0.717) is 6.42 Å². The van der Waals surface area contributed by atoms with Gasteiger partial charge < -0.3 is 5.73 Å². The molecule has 0 heterocycles. The van der Waals surface area contributed by atoms with Crippen molar-refractivity contribution in [2.24, 2.45) is 5.73 Å². The molecule has 15 heavy (non-hydrogen) atoms. The third kappa shape index (κ3) is 2.88. The van der Waals surface area contributed by atoms with Crippen LogP contribution in [0.5, 0.6) is 0 Å². The lowest BCUT2D eigenvalue weighted by Gasteiger charge is -2.08. The number of nitrogens with two attached hydrogens (primary N) is 1. The molecule has 2 N–H and O–H groups in total. The zero-order valence-electron chi connectivity index (χ0n) is 8.04. The molecule has 4 heteroatoms. The lowest BCUT2D eigenvalue weighted by Crippen LogP contribution is -2.30. The van der Waals surface area contributed by atoms with E-state index in [9.17, 15) is 9.18 Å². The summed E-state index contributed by atoms with van der Waals surface area (Å²) in [7, 11) is 0. The Labute approximate surface area is 92.5 Å². The number of hydrogen-bond donors (Lipinski definition) is 1. The summed E-state index contributed by atoms with van der Waals surface area (Å²) in [5, 5.41) is 0.251. The highest BCUT2D eigenvalue weighted by Crippen LogP contribution is 2.16. The molecule has 0 fully saturated rings. The first kappa shape index (κ1) is 11.9.